The van der Waals surface area contributed by atoms with Gasteiger partial charge in [0.05, 0.1) is 0 Å². The number of nitrogens with one attached hydrogen (secondary N) is 2. The second-order valence-corrected chi connectivity index (χ2v) is 3.99. The van der Waals surface area contributed by atoms with Crippen molar-refractivity contribution in [3.8, 4) is 0 Å². The zero-order valence-electron chi connectivity index (χ0n) is 9.39. The number of amides is 2. The van der Waals surface area contributed by atoms with E-state index in [0.29, 0.717) is 6.42 Å². The molecule has 0 unspecified atom stereocenters. The van der Waals surface area contributed by atoms with Gasteiger partial charge in [-0.15, -0.1) is 0 Å². The molecule has 0 fully saturated rings. The van der Waals surface area contributed by atoms with Crippen LogP contribution in [0.3, 0.4) is 0 Å². The van der Waals surface area contributed by atoms with Crippen LogP contribution >= 0.6 is 0 Å². The molecule has 0 saturated heterocycles. The van der Waals surface area contributed by atoms with Gasteiger partial charge in [0.1, 0.15) is 0 Å². The summed E-state index contributed by atoms with van der Waals surface area (Å²) in [5.74, 6) is -0.0259. The Kier molecular flexibility index (Phi) is 2.64. The summed E-state index contributed by atoms with van der Waals surface area (Å²) < 4.78 is 0. The maximum atomic E-state index is 11.2. The Labute approximate surface area is 94.0 Å². The molecule has 4 heteroatoms. The Morgan fingerprint density at radius 2 is 2.12 bits per heavy atom. The fourth-order valence-electron chi connectivity index (χ4n) is 1.97. The third-order valence-electron chi connectivity index (χ3n) is 2.79. The van der Waals surface area contributed by atoms with Crippen molar-refractivity contribution < 1.29 is 9.59 Å². The van der Waals surface area contributed by atoms with Gasteiger partial charge in [-0.1, -0.05) is 0 Å². The van der Waals surface area contributed by atoms with E-state index in [0.717, 1.165) is 28.9 Å². The van der Waals surface area contributed by atoms with Crippen molar-refractivity contribution in [2.24, 2.45) is 0 Å². The molecule has 1 aromatic carbocycles. The van der Waals surface area contributed by atoms with Crippen molar-refractivity contribution in [3.63, 3.8) is 0 Å². The largest absolute Gasteiger partial charge is 0.326 e. The highest BCUT2D eigenvalue weighted by Crippen LogP contribution is 2.30. The zero-order chi connectivity index (χ0) is 11.7. The van der Waals surface area contributed by atoms with Crippen LogP contribution in [-0.2, 0) is 16.0 Å². The van der Waals surface area contributed by atoms with E-state index in [2.05, 4.69) is 10.6 Å². The molecule has 0 radical (unpaired) electrons. The third kappa shape index (κ3) is 1.91. The first-order chi connectivity index (χ1) is 7.58. The first kappa shape index (κ1) is 10.7. The minimum absolute atomic E-state index is 0.0548. The highest BCUT2D eigenvalue weighted by molar-refractivity contribution is 5.96. The van der Waals surface area contributed by atoms with Crippen LogP contribution in [0.1, 0.15) is 24.5 Å². The number of anilines is 2. The quantitative estimate of drug-likeness (QED) is 0.755. The molecular formula is C12H14N2O2. The molecule has 0 aliphatic carbocycles. The van der Waals surface area contributed by atoms with Gasteiger partial charge in [0.25, 0.3) is 0 Å². The molecule has 0 atom stereocenters. The van der Waals surface area contributed by atoms with E-state index in [4.69, 9.17) is 0 Å². The lowest BCUT2D eigenvalue weighted by Gasteiger charge is -2.20. The van der Waals surface area contributed by atoms with Crippen LogP contribution in [0.25, 0.3) is 0 Å². The summed E-state index contributed by atoms with van der Waals surface area (Å²) in [6.45, 7) is 3.45. The van der Waals surface area contributed by atoms with Crippen molar-refractivity contribution in [1.29, 1.82) is 0 Å². The predicted octanol–water partition coefficient (Wildman–Crippen LogP) is 1.84. The van der Waals surface area contributed by atoms with Crippen LogP contribution in [0, 0.1) is 6.92 Å². The molecule has 0 saturated carbocycles. The second kappa shape index (κ2) is 3.96. The maximum Gasteiger partial charge on any atom is 0.224 e. The number of rotatable bonds is 1. The molecule has 1 heterocycles. The fraction of sp³-hybridized carbons (Fsp3) is 0.333. The SMILES string of the molecule is CC(=O)Nc1ccc2c(c1C)CCC(=O)N2. The molecule has 0 aromatic heterocycles. The Morgan fingerprint density at radius 3 is 2.81 bits per heavy atom. The number of hydrogen-bond acceptors (Lipinski definition) is 2. The van der Waals surface area contributed by atoms with Crippen LogP contribution in [-0.4, -0.2) is 11.8 Å². The molecule has 0 bridgehead atoms. The van der Waals surface area contributed by atoms with Gasteiger partial charge < -0.3 is 10.6 Å². The molecule has 1 aliphatic heterocycles. The van der Waals surface area contributed by atoms with E-state index in [-0.39, 0.29) is 11.8 Å². The predicted molar refractivity (Wildman–Crippen MR) is 62.4 cm³/mol. The van der Waals surface area contributed by atoms with Gasteiger partial charge in [0.15, 0.2) is 0 Å². The van der Waals surface area contributed by atoms with E-state index < -0.39 is 0 Å². The van der Waals surface area contributed by atoms with Gasteiger partial charge in [0, 0.05) is 24.7 Å². The molecule has 84 valence electrons. The van der Waals surface area contributed by atoms with E-state index in [1.54, 1.807) is 0 Å². The van der Waals surface area contributed by atoms with Crippen molar-refractivity contribution in [2.75, 3.05) is 10.6 Å². The average molecular weight is 218 g/mol. The summed E-state index contributed by atoms with van der Waals surface area (Å²) in [5, 5.41) is 5.61. The summed E-state index contributed by atoms with van der Waals surface area (Å²) in [4.78, 5) is 22.2. The fourth-order valence-corrected chi connectivity index (χ4v) is 1.97. The lowest BCUT2D eigenvalue weighted by atomic mass is 9.96. The molecule has 2 N–H and O–H groups in total. The normalized spacial score (nSPS) is 14.0. The van der Waals surface area contributed by atoms with E-state index in [1.807, 2.05) is 19.1 Å². The molecule has 0 spiro atoms. The summed E-state index contributed by atoms with van der Waals surface area (Å²) in [6.07, 6.45) is 1.25. The summed E-state index contributed by atoms with van der Waals surface area (Å²) in [6, 6.07) is 3.66. The van der Waals surface area contributed by atoms with Crippen LogP contribution in [0.2, 0.25) is 0 Å². The number of benzene rings is 1. The van der Waals surface area contributed by atoms with Gasteiger partial charge in [-0.05, 0) is 36.6 Å². The van der Waals surface area contributed by atoms with Gasteiger partial charge in [-0.25, -0.2) is 0 Å². The van der Waals surface area contributed by atoms with Crippen molar-refractivity contribution in [1.82, 2.24) is 0 Å². The number of fused-ring (bicyclic) bond motifs is 1. The topological polar surface area (TPSA) is 58.2 Å². The first-order valence-electron chi connectivity index (χ1n) is 5.28. The van der Waals surface area contributed by atoms with Crippen molar-refractivity contribution in [2.45, 2.75) is 26.7 Å². The van der Waals surface area contributed by atoms with Crippen LogP contribution in [0.15, 0.2) is 12.1 Å². The Morgan fingerprint density at radius 1 is 1.38 bits per heavy atom. The van der Waals surface area contributed by atoms with Gasteiger partial charge in [-0.3, -0.25) is 9.59 Å². The number of carbonyl (C=O) groups excluding carboxylic acids is 2. The lowest BCUT2D eigenvalue weighted by Crippen LogP contribution is -2.20. The molecule has 1 aliphatic rings. The summed E-state index contributed by atoms with van der Waals surface area (Å²) in [5.41, 5.74) is 3.84. The molecular weight excluding hydrogens is 204 g/mol. The molecule has 16 heavy (non-hydrogen) atoms. The van der Waals surface area contributed by atoms with Crippen LogP contribution in [0.5, 0.6) is 0 Å². The molecule has 2 rings (SSSR count). The minimum atomic E-state index is -0.0807. The highest BCUT2D eigenvalue weighted by Gasteiger charge is 2.18. The lowest BCUT2D eigenvalue weighted by molar-refractivity contribution is -0.116. The summed E-state index contributed by atoms with van der Waals surface area (Å²) in [7, 11) is 0. The zero-order valence-corrected chi connectivity index (χ0v) is 9.39. The number of carbonyl (C=O) groups is 2. The monoisotopic (exact) mass is 218 g/mol. The van der Waals surface area contributed by atoms with E-state index >= 15 is 0 Å². The first-order valence-corrected chi connectivity index (χ1v) is 5.28. The third-order valence-corrected chi connectivity index (χ3v) is 2.79. The standard InChI is InChI=1S/C12H14N2O2/c1-7-9-3-6-12(16)14-11(9)5-4-10(7)13-8(2)15/h4-5H,3,6H2,1-2H3,(H,13,15)(H,14,16). The smallest absolute Gasteiger partial charge is 0.224 e. The van der Waals surface area contributed by atoms with Crippen molar-refractivity contribution >= 4 is 23.2 Å². The Bertz CT molecular complexity index is 466. The van der Waals surface area contributed by atoms with Crippen molar-refractivity contribution in [3.05, 3.63) is 23.3 Å². The maximum absolute atomic E-state index is 11.2. The van der Waals surface area contributed by atoms with Gasteiger partial charge in [-0.2, -0.15) is 0 Å². The Balaban J connectivity index is 2.39. The molecule has 1 aromatic rings. The molecule has 4 nitrogen and oxygen atoms in total. The van der Waals surface area contributed by atoms with Crippen LogP contribution in [0.4, 0.5) is 11.4 Å². The highest BCUT2D eigenvalue weighted by atomic mass is 16.2. The average Bonchev–Trinajstić information content (AvgIpc) is 2.22. The van der Waals surface area contributed by atoms with Gasteiger partial charge in [0.2, 0.25) is 11.8 Å². The minimum Gasteiger partial charge on any atom is -0.326 e. The number of hydrogen-bond donors (Lipinski definition) is 2. The summed E-state index contributed by atoms with van der Waals surface area (Å²) >= 11 is 0. The Hall–Kier alpha value is -1.84. The van der Waals surface area contributed by atoms with Crippen LogP contribution < -0.4 is 10.6 Å². The molecule has 2 amide bonds. The van der Waals surface area contributed by atoms with E-state index in [9.17, 15) is 9.59 Å². The second-order valence-electron chi connectivity index (χ2n) is 3.99. The van der Waals surface area contributed by atoms with Gasteiger partial charge >= 0.3 is 0 Å². The van der Waals surface area contributed by atoms with E-state index in [1.165, 1.54) is 6.92 Å².